The Kier molecular flexibility index (Phi) is 17.6. The van der Waals surface area contributed by atoms with Gasteiger partial charge in [-0.3, -0.25) is 9.05 Å². The van der Waals surface area contributed by atoms with Crippen molar-refractivity contribution in [3.05, 3.63) is 0 Å². The number of unbranched alkanes of at least 4 members (excludes halogenated alkanes) is 11. The van der Waals surface area contributed by atoms with Gasteiger partial charge in [0.2, 0.25) is 0 Å². The van der Waals surface area contributed by atoms with Crippen molar-refractivity contribution in [1.29, 1.82) is 0 Å². The van der Waals surface area contributed by atoms with Gasteiger partial charge in [-0.1, -0.05) is 97.8 Å². The van der Waals surface area contributed by atoms with Crippen LogP contribution in [0.25, 0.3) is 0 Å². The van der Waals surface area contributed by atoms with Gasteiger partial charge >= 0.3 is 7.82 Å². The van der Waals surface area contributed by atoms with Crippen LogP contribution in [0.3, 0.4) is 0 Å². The van der Waals surface area contributed by atoms with Crippen LogP contribution in [0.15, 0.2) is 0 Å². The highest BCUT2D eigenvalue weighted by atomic mass is 31.2. The monoisotopic (exact) mass is 378 g/mol. The lowest BCUT2D eigenvalue weighted by Crippen LogP contribution is -1.99. The fourth-order valence-corrected chi connectivity index (χ4v) is 3.61. The lowest BCUT2D eigenvalue weighted by Gasteiger charge is -2.12. The Labute approximate surface area is 156 Å². The Morgan fingerprint density at radius 3 is 1.56 bits per heavy atom. The van der Waals surface area contributed by atoms with E-state index in [9.17, 15) is 9.46 Å². The van der Waals surface area contributed by atoms with Crippen LogP contribution in [-0.4, -0.2) is 18.1 Å². The molecule has 4 nitrogen and oxygen atoms in total. The van der Waals surface area contributed by atoms with E-state index in [0.29, 0.717) is 19.1 Å². The molecule has 0 spiro atoms. The fourth-order valence-electron chi connectivity index (χ4n) is 2.82. The number of rotatable bonds is 19. The highest BCUT2D eigenvalue weighted by molar-refractivity contribution is 7.47. The molecule has 1 atom stereocenters. The molecule has 1 unspecified atom stereocenters. The average Bonchev–Trinajstić information content (AvgIpc) is 2.55. The number of hydrogen-bond acceptors (Lipinski definition) is 3. The van der Waals surface area contributed by atoms with Crippen molar-refractivity contribution in [2.75, 3.05) is 13.2 Å². The van der Waals surface area contributed by atoms with Gasteiger partial charge in [0.15, 0.2) is 0 Å². The maximum atomic E-state index is 11.7. The smallest absolute Gasteiger partial charge is 0.302 e. The van der Waals surface area contributed by atoms with E-state index in [-0.39, 0.29) is 0 Å². The molecule has 25 heavy (non-hydrogen) atoms. The molecule has 1 N–H and O–H groups in total. The van der Waals surface area contributed by atoms with Crippen LogP contribution < -0.4 is 0 Å². The van der Waals surface area contributed by atoms with Gasteiger partial charge in [0.1, 0.15) is 0 Å². The molecule has 0 fully saturated rings. The number of phosphoric ester groups is 1. The molecule has 0 saturated heterocycles. The Balaban J connectivity index is 3.35. The van der Waals surface area contributed by atoms with Gasteiger partial charge in [-0.2, -0.15) is 0 Å². The predicted octanol–water partition coefficient (Wildman–Crippen LogP) is 7.26. The first-order valence-electron chi connectivity index (χ1n) is 10.6. The molecule has 152 valence electrons. The lowest BCUT2D eigenvalue weighted by molar-refractivity contribution is 0.145. The largest absolute Gasteiger partial charge is 0.472 e. The van der Waals surface area contributed by atoms with Gasteiger partial charge in [0.05, 0.1) is 13.2 Å². The molecule has 0 aromatic heterocycles. The third-order valence-corrected chi connectivity index (χ3v) is 5.45. The Morgan fingerprint density at radius 1 is 0.720 bits per heavy atom. The Hall–Kier alpha value is 0.110. The van der Waals surface area contributed by atoms with Crippen molar-refractivity contribution in [2.24, 2.45) is 5.92 Å². The molecule has 0 aliphatic carbocycles. The zero-order valence-corrected chi connectivity index (χ0v) is 17.9. The van der Waals surface area contributed by atoms with E-state index in [1.54, 1.807) is 0 Å². The zero-order chi connectivity index (χ0) is 18.8. The third kappa shape index (κ3) is 20.3. The summed E-state index contributed by atoms with van der Waals surface area (Å²) >= 11 is 0. The van der Waals surface area contributed by atoms with Crippen molar-refractivity contribution >= 4 is 7.82 Å². The summed E-state index contributed by atoms with van der Waals surface area (Å²) < 4.78 is 21.8. The number of phosphoric acid groups is 1. The first-order chi connectivity index (χ1) is 12.0. The molecule has 0 saturated carbocycles. The second kappa shape index (κ2) is 17.5. The predicted molar refractivity (Wildman–Crippen MR) is 107 cm³/mol. The van der Waals surface area contributed by atoms with E-state index < -0.39 is 7.82 Å². The minimum Gasteiger partial charge on any atom is -0.302 e. The average molecular weight is 379 g/mol. The molecule has 0 aromatic rings. The first-order valence-corrected chi connectivity index (χ1v) is 12.1. The van der Waals surface area contributed by atoms with Crippen LogP contribution in [0.4, 0.5) is 0 Å². The SMILES string of the molecule is CCCCCCCCCCCCOP(=O)(O)OCCCCCC(C)C. The third-order valence-electron chi connectivity index (χ3n) is 4.43. The van der Waals surface area contributed by atoms with Crippen LogP contribution in [0, 0.1) is 5.92 Å². The van der Waals surface area contributed by atoms with Crippen LogP contribution in [0.1, 0.15) is 111 Å². The van der Waals surface area contributed by atoms with Crippen LogP contribution >= 0.6 is 7.82 Å². The van der Waals surface area contributed by atoms with Crippen molar-refractivity contribution in [1.82, 2.24) is 0 Å². The van der Waals surface area contributed by atoms with Gasteiger partial charge in [-0.15, -0.1) is 0 Å². The number of hydrogen-bond donors (Lipinski definition) is 1. The molecular formula is C20H43O4P. The summed E-state index contributed by atoms with van der Waals surface area (Å²) in [6, 6.07) is 0. The fraction of sp³-hybridized carbons (Fsp3) is 1.00. The van der Waals surface area contributed by atoms with Gasteiger partial charge in [0.25, 0.3) is 0 Å². The van der Waals surface area contributed by atoms with E-state index in [1.165, 1.54) is 57.8 Å². The summed E-state index contributed by atoms with van der Waals surface area (Å²) in [6.45, 7) is 7.29. The second-order valence-corrected chi connectivity index (χ2v) is 9.01. The summed E-state index contributed by atoms with van der Waals surface area (Å²) in [4.78, 5) is 9.61. The lowest BCUT2D eigenvalue weighted by atomic mass is 10.1. The van der Waals surface area contributed by atoms with Crippen LogP contribution in [0.5, 0.6) is 0 Å². The summed E-state index contributed by atoms with van der Waals surface area (Å²) in [5, 5.41) is 0. The summed E-state index contributed by atoms with van der Waals surface area (Å²) in [7, 11) is -3.84. The first kappa shape index (κ1) is 25.1. The highest BCUT2D eigenvalue weighted by Gasteiger charge is 2.19. The molecule has 0 aliphatic heterocycles. The molecule has 0 amide bonds. The second-order valence-electron chi connectivity index (χ2n) is 7.56. The van der Waals surface area contributed by atoms with Crippen molar-refractivity contribution in [3.63, 3.8) is 0 Å². The molecule has 0 rings (SSSR count). The van der Waals surface area contributed by atoms with Crippen LogP contribution in [-0.2, 0) is 13.6 Å². The zero-order valence-electron chi connectivity index (χ0n) is 17.0. The Bertz CT molecular complexity index is 321. The minimum absolute atomic E-state index is 0.309. The van der Waals surface area contributed by atoms with E-state index in [1.807, 2.05) is 0 Å². The quantitative estimate of drug-likeness (QED) is 0.190. The van der Waals surface area contributed by atoms with E-state index in [2.05, 4.69) is 20.8 Å². The van der Waals surface area contributed by atoms with Crippen molar-refractivity contribution in [3.8, 4) is 0 Å². The van der Waals surface area contributed by atoms with Crippen molar-refractivity contribution < 1.29 is 18.5 Å². The molecule has 0 heterocycles. The van der Waals surface area contributed by atoms with E-state index in [0.717, 1.165) is 32.1 Å². The molecule has 0 aromatic carbocycles. The summed E-state index contributed by atoms with van der Waals surface area (Å²) in [5.74, 6) is 0.717. The minimum atomic E-state index is -3.84. The molecule has 5 heteroatoms. The Morgan fingerprint density at radius 2 is 1.12 bits per heavy atom. The van der Waals surface area contributed by atoms with Gasteiger partial charge in [0, 0.05) is 0 Å². The molecule has 0 radical (unpaired) electrons. The van der Waals surface area contributed by atoms with E-state index in [4.69, 9.17) is 9.05 Å². The maximum Gasteiger partial charge on any atom is 0.472 e. The summed E-state index contributed by atoms with van der Waals surface area (Å²) in [5.41, 5.74) is 0. The van der Waals surface area contributed by atoms with E-state index >= 15 is 0 Å². The van der Waals surface area contributed by atoms with Gasteiger partial charge in [-0.05, 0) is 18.8 Å². The molecule has 0 aliphatic rings. The van der Waals surface area contributed by atoms with Crippen LogP contribution in [0.2, 0.25) is 0 Å². The maximum absolute atomic E-state index is 11.7. The van der Waals surface area contributed by atoms with Gasteiger partial charge < -0.3 is 4.89 Å². The van der Waals surface area contributed by atoms with Crippen molar-refractivity contribution in [2.45, 2.75) is 111 Å². The highest BCUT2D eigenvalue weighted by Crippen LogP contribution is 2.43. The molecular weight excluding hydrogens is 335 g/mol. The van der Waals surface area contributed by atoms with Gasteiger partial charge in [-0.25, -0.2) is 4.57 Å². The molecule has 0 bridgehead atoms. The standard InChI is InChI=1S/C20H43O4P/c1-4-5-6-7-8-9-10-11-12-15-18-23-25(21,22)24-19-16-13-14-17-20(2)3/h20H,4-19H2,1-3H3,(H,21,22). The topological polar surface area (TPSA) is 55.8 Å². The summed E-state index contributed by atoms with van der Waals surface area (Å²) in [6.07, 6.45) is 16.6. The normalized spacial score (nSPS) is 14.1.